The molecule has 0 aromatic rings. The first-order valence-corrected chi connectivity index (χ1v) is 14.9. The van der Waals surface area contributed by atoms with E-state index in [1.807, 2.05) is 0 Å². The highest BCUT2D eigenvalue weighted by atomic mass is 16.7. The molecular formula is C27H49BN6O6. The lowest BCUT2D eigenvalue weighted by Gasteiger charge is -2.64. The Morgan fingerprint density at radius 3 is 2.52 bits per heavy atom. The van der Waals surface area contributed by atoms with Crippen molar-refractivity contribution < 1.29 is 23.9 Å². The number of carbonyl (C=O) groups is 2. The van der Waals surface area contributed by atoms with Crippen LogP contribution in [0.4, 0.5) is 0 Å². The van der Waals surface area contributed by atoms with E-state index in [-0.39, 0.29) is 53.3 Å². The zero-order chi connectivity index (χ0) is 29.7. The molecule has 0 radical (unpaired) electrons. The fourth-order valence-corrected chi connectivity index (χ4v) is 6.80. The summed E-state index contributed by atoms with van der Waals surface area (Å²) in [5, 5.41) is 15.8. The van der Waals surface area contributed by atoms with Gasteiger partial charge in [0.2, 0.25) is 11.8 Å². The van der Waals surface area contributed by atoms with Crippen LogP contribution in [0.3, 0.4) is 0 Å². The van der Waals surface area contributed by atoms with Crippen LogP contribution in [0.25, 0.3) is 0 Å². The first-order valence-electron chi connectivity index (χ1n) is 14.9. The van der Waals surface area contributed by atoms with E-state index < -0.39 is 18.2 Å². The minimum absolute atomic E-state index is 0.00556. The summed E-state index contributed by atoms with van der Waals surface area (Å²) in [6.45, 7) is 13.2. The van der Waals surface area contributed by atoms with E-state index in [4.69, 9.17) is 15.0 Å². The number of nitro groups is 1. The number of nitrogens with two attached hydrogens (primary N) is 1. The molecule has 40 heavy (non-hydrogen) atoms. The minimum atomic E-state index is -0.783. The number of hydrogen-bond acceptors (Lipinski definition) is 7. The molecule has 2 amide bonds. The van der Waals surface area contributed by atoms with E-state index in [0.29, 0.717) is 37.5 Å². The maximum atomic E-state index is 13.6. The van der Waals surface area contributed by atoms with Gasteiger partial charge in [0.25, 0.3) is 5.96 Å². The van der Waals surface area contributed by atoms with E-state index in [9.17, 15) is 19.7 Å². The lowest BCUT2D eigenvalue weighted by molar-refractivity contribution is -0.525. The predicted octanol–water partition coefficient (Wildman–Crippen LogP) is 2.73. The largest absolute Gasteiger partial charge is 0.481 e. The van der Waals surface area contributed by atoms with Crippen molar-refractivity contribution >= 4 is 24.9 Å². The van der Waals surface area contributed by atoms with Crippen LogP contribution in [0.2, 0.25) is 0 Å². The summed E-state index contributed by atoms with van der Waals surface area (Å²) in [6, 6.07) is -0.783. The number of hydrogen-bond donors (Lipinski definition) is 4. The SMILES string of the molecule is CCCCCC(=O)N[C@@H](CCCN=C(N)N[N+](=O)[O-])C(=O)N[C@@H](CC(C)C)B1O[C@@H]2C[C@@H]3C[C@@H](C3(C)C)[C@]2(C)O1. The number of unbranched alkanes of at least 4 members (excludes halogenated alkanes) is 2. The van der Waals surface area contributed by atoms with Crippen molar-refractivity contribution in [2.24, 2.45) is 33.9 Å². The van der Waals surface area contributed by atoms with Gasteiger partial charge in [-0.05, 0) is 68.6 Å². The molecule has 5 N–H and O–H groups in total. The van der Waals surface area contributed by atoms with Gasteiger partial charge in [0.1, 0.15) is 6.04 Å². The highest BCUT2D eigenvalue weighted by Crippen LogP contribution is 2.65. The molecule has 4 rings (SSSR count). The summed E-state index contributed by atoms with van der Waals surface area (Å²) in [6.07, 6.45) is 6.51. The van der Waals surface area contributed by atoms with Crippen molar-refractivity contribution in [3.63, 3.8) is 0 Å². The van der Waals surface area contributed by atoms with Crippen molar-refractivity contribution in [3.05, 3.63) is 10.1 Å². The van der Waals surface area contributed by atoms with Crippen LogP contribution in [0.15, 0.2) is 4.99 Å². The molecule has 0 aromatic heterocycles. The van der Waals surface area contributed by atoms with Crippen molar-refractivity contribution in [1.29, 1.82) is 0 Å². The Labute approximate surface area is 238 Å². The molecule has 3 aliphatic carbocycles. The molecule has 1 saturated heterocycles. The van der Waals surface area contributed by atoms with E-state index in [2.05, 4.69) is 57.2 Å². The Hall–Kier alpha value is -2.41. The second-order valence-electron chi connectivity index (χ2n) is 12.9. The van der Waals surface area contributed by atoms with Gasteiger partial charge in [-0.2, -0.15) is 0 Å². The molecule has 6 atom stereocenters. The molecule has 0 aromatic carbocycles. The number of rotatable bonds is 15. The average Bonchev–Trinajstić information content (AvgIpc) is 3.22. The molecule has 226 valence electrons. The van der Waals surface area contributed by atoms with Crippen LogP contribution in [-0.4, -0.2) is 60.2 Å². The summed E-state index contributed by atoms with van der Waals surface area (Å²) in [5.41, 5.74) is 7.12. The van der Waals surface area contributed by atoms with Crippen LogP contribution < -0.4 is 21.8 Å². The molecule has 3 saturated carbocycles. The van der Waals surface area contributed by atoms with Crippen LogP contribution in [0.5, 0.6) is 0 Å². The predicted molar refractivity (Wildman–Crippen MR) is 153 cm³/mol. The van der Waals surface area contributed by atoms with Crippen molar-refractivity contribution in [3.8, 4) is 0 Å². The number of carbonyl (C=O) groups excluding carboxylic acids is 2. The smallest absolute Gasteiger partial charge is 0.404 e. The van der Waals surface area contributed by atoms with Gasteiger partial charge in [-0.25, -0.2) is 15.1 Å². The van der Waals surface area contributed by atoms with E-state index in [1.54, 1.807) is 5.43 Å². The third-order valence-corrected chi connectivity index (χ3v) is 9.15. The molecule has 4 fully saturated rings. The first kappa shape index (κ1) is 32.1. The normalized spacial score (nSPS) is 28.3. The van der Waals surface area contributed by atoms with Crippen molar-refractivity contribution in [2.45, 2.75) is 123 Å². The van der Waals surface area contributed by atoms with Gasteiger partial charge in [0.15, 0.2) is 5.03 Å². The van der Waals surface area contributed by atoms with Gasteiger partial charge in [0.05, 0.1) is 17.6 Å². The van der Waals surface area contributed by atoms with Crippen LogP contribution in [0.1, 0.15) is 99.3 Å². The van der Waals surface area contributed by atoms with E-state index >= 15 is 0 Å². The number of amides is 2. The summed E-state index contributed by atoms with van der Waals surface area (Å²) >= 11 is 0. The molecule has 0 unspecified atom stereocenters. The van der Waals surface area contributed by atoms with Crippen molar-refractivity contribution in [2.75, 3.05) is 6.54 Å². The number of nitrogens with one attached hydrogen (secondary N) is 3. The molecule has 13 heteroatoms. The highest BCUT2D eigenvalue weighted by Gasteiger charge is 2.68. The maximum Gasteiger partial charge on any atom is 0.481 e. The lowest BCUT2D eigenvalue weighted by Crippen LogP contribution is -2.65. The lowest BCUT2D eigenvalue weighted by atomic mass is 9.43. The fourth-order valence-electron chi connectivity index (χ4n) is 6.80. The van der Waals surface area contributed by atoms with Gasteiger partial charge in [-0.3, -0.25) is 9.59 Å². The molecule has 1 heterocycles. The Bertz CT molecular complexity index is 948. The molecule has 12 nitrogen and oxygen atoms in total. The molecule has 0 spiro atoms. The number of hydrazine groups is 1. The monoisotopic (exact) mass is 564 g/mol. The van der Waals surface area contributed by atoms with Crippen molar-refractivity contribution in [1.82, 2.24) is 16.1 Å². The highest BCUT2D eigenvalue weighted by molar-refractivity contribution is 6.48. The third kappa shape index (κ3) is 7.66. The van der Waals surface area contributed by atoms with E-state index in [1.165, 1.54) is 0 Å². The zero-order valence-corrected chi connectivity index (χ0v) is 25.0. The number of aliphatic imine (C=N–C) groups is 1. The van der Waals surface area contributed by atoms with Gasteiger partial charge in [0, 0.05) is 13.0 Å². The second kappa shape index (κ2) is 13.5. The second-order valence-corrected chi connectivity index (χ2v) is 12.9. The Balaban J connectivity index is 1.68. The average molecular weight is 565 g/mol. The summed E-state index contributed by atoms with van der Waals surface area (Å²) in [7, 11) is -0.560. The Morgan fingerprint density at radius 2 is 1.90 bits per heavy atom. The quantitative estimate of drug-likeness (QED) is 0.0587. The molecular weight excluding hydrogens is 515 g/mol. The van der Waals surface area contributed by atoms with Crippen LogP contribution >= 0.6 is 0 Å². The fraction of sp³-hybridized carbons (Fsp3) is 0.889. The van der Waals surface area contributed by atoms with Gasteiger partial charge in [-0.15, -0.1) is 0 Å². The van der Waals surface area contributed by atoms with Crippen LogP contribution in [-0.2, 0) is 18.9 Å². The maximum absolute atomic E-state index is 13.6. The molecule has 1 aliphatic heterocycles. The number of nitrogens with zero attached hydrogens (tertiary/aromatic N) is 2. The molecule has 4 aliphatic rings. The minimum Gasteiger partial charge on any atom is -0.404 e. The van der Waals surface area contributed by atoms with Crippen LogP contribution in [0, 0.1) is 33.3 Å². The zero-order valence-electron chi connectivity index (χ0n) is 25.0. The summed E-state index contributed by atoms with van der Waals surface area (Å²) < 4.78 is 13.2. The number of guanidine groups is 1. The van der Waals surface area contributed by atoms with E-state index in [0.717, 1.165) is 32.1 Å². The summed E-state index contributed by atoms with van der Waals surface area (Å²) in [4.78, 5) is 40.7. The Morgan fingerprint density at radius 1 is 1.18 bits per heavy atom. The Kier molecular flexibility index (Phi) is 10.8. The summed E-state index contributed by atoms with van der Waals surface area (Å²) in [5.74, 6) is 0.169. The van der Waals surface area contributed by atoms with Gasteiger partial charge in [-0.1, -0.05) is 52.9 Å². The first-order chi connectivity index (χ1) is 18.8. The third-order valence-electron chi connectivity index (χ3n) is 9.15. The topological polar surface area (TPSA) is 170 Å². The standard InChI is InChI=1S/C27H49BN6O6/c1-7-8-9-12-23(35)31-19(11-10-13-30-25(29)33-34(37)38)24(36)32-22(14-17(2)3)28-39-21-16-18-15-20(26(18,4)5)27(21,6)40-28/h17-22H,7-16H2,1-6H3,(H,31,35)(H,32,36)(H3,29,30,33)/t18-,19-,20-,21+,22-,27-/m0/s1. The molecule has 2 bridgehead atoms. The van der Waals surface area contributed by atoms with Gasteiger partial charge >= 0.3 is 7.12 Å². The van der Waals surface area contributed by atoms with Gasteiger partial charge < -0.3 is 25.7 Å².